The van der Waals surface area contributed by atoms with Gasteiger partial charge in [0.1, 0.15) is 0 Å². The summed E-state index contributed by atoms with van der Waals surface area (Å²) in [7, 11) is 0. The molecule has 0 radical (unpaired) electrons. The molecule has 0 saturated carbocycles. The lowest BCUT2D eigenvalue weighted by Gasteiger charge is -2.03. The van der Waals surface area contributed by atoms with Gasteiger partial charge in [0.2, 0.25) is 0 Å². The molecule has 0 aliphatic rings. The SMILES string of the molecule is CCCc1ccc(-c2c(N)n[nH]c2C)cc1. The maximum absolute atomic E-state index is 5.83. The fraction of sp³-hybridized carbons (Fsp3) is 0.308. The molecular formula is C13H17N3. The van der Waals surface area contributed by atoms with Crippen molar-refractivity contribution in [1.29, 1.82) is 0 Å². The van der Waals surface area contributed by atoms with Crippen molar-refractivity contribution in [2.75, 3.05) is 5.73 Å². The molecule has 0 aliphatic heterocycles. The van der Waals surface area contributed by atoms with Crippen LogP contribution < -0.4 is 5.73 Å². The Labute approximate surface area is 95.7 Å². The van der Waals surface area contributed by atoms with Crippen LogP contribution in [0.4, 0.5) is 5.82 Å². The Hall–Kier alpha value is -1.77. The Kier molecular flexibility index (Phi) is 2.95. The van der Waals surface area contributed by atoms with Crippen LogP contribution >= 0.6 is 0 Å². The van der Waals surface area contributed by atoms with Gasteiger partial charge in [-0.25, -0.2) is 0 Å². The molecule has 0 aliphatic carbocycles. The number of aryl methyl sites for hydroxylation is 2. The monoisotopic (exact) mass is 215 g/mol. The van der Waals surface area contributed by atoms with E-state index >= 15 is 0 Å². The number of benzene rings is 1. The minimum Gasteiger partial charge on any atom is -0.382 e. The van der Waals surface area contributed by atoms with E-state index in [4.69, 9.17) is 5.73 Å². The minimum atomic E-state index is 0.570. The highest BCUT2D eigenvalue weighted by Gasteiger charge is 2.08. The van der Waals surface area contributed by atoms with E-state index in [-0.39, 0.29) is 0 Å². The number of aromatic nitrogens is 2. The van der Waals surface area contributed by atoms with Crippen molar-refractivity contribution in [3.8, 4) is 11.1 Å². The van der Waals surface area contributed by atoms with Crippen molar-refractivity contribution in [2.45, 2.75) is 26.7 Å². The van der Waals surface area contributed by atoms with E-state index in [9.17, 15) is 0 Å². The van der Waals surface area contributed by atoms with Crippen LogP contribution in [0.5, 0.6) is 0 Å². The van der Waals surface area contributed by atoms with Gasteiger partial charge in [0.15, 0.2) is 5.82 Å². The lowest BCUT2D eigenvalue weighted by Crippen LogP contribution is -1.89. The van der Waals surface area contributed by atoms with Gasteiger partial charge in [-0.15, -0.1) is 0 Å². The highest BCUT2D eigenvalue weighted by atomic mass is 15.2. The quantitative estimate of drug-likeness (QED) is 0.827. The summed E-state index contributed by atoms with van der Waals surface area (Å²) in [6.45, 7) is 4.17. The maximum atomic E-state index is 5.83. The number of nitrogens with zero attached hydrogens (tertiary/aromatic N) is 1. The summed E-state index contributed by atoms with van der Waals surface area (Å²) in [5, 5.41) is 6.90. The molecule has 0 spiro atoms. The summed E-state index contributed by atoms with van der Waals surface area (Å²) in [5.41, 5.74) is 10.4. The third-order valence-corrected chi connectivity index (χ3v) is 2.76. The van der Waals surface area contributed by atoms with E-state index in [1.807, 2.05) is 6.92 Å². The average Bonchev–Trinajstić information content (AvgIpc) is 2.61. The smallest absolute Gasteiger partial charge is 0.153 e. The van der Waals surface area contributed by atoms with Gasteiger partial charge in [-0.2, -0.15) is 5.10 Å². The zero-order valence-electron chi connectivity index (χ0n) is 9.75. The van der Waals surface area contributed by atoms with Crippen molar-refractivity contribution >= 4 is 5.82 Å². The molecule has 84 valence electrons. The normalized spacial score (nSPS) is 10.6. The molecule has 2 rings (SSSR count). The Bertz CT molecular complexity index is 449. The molecule has 0 saturated heterocycles. The lowest BCUT2D eigenvalue weighted by atomic mass is 10.0. The standard InChI is InChI=1S/C13H17N3/c1-3-4-10-5-7-11(8-6-10)12-9(2)15-16-13(12)14/h5-8H,3-4H2,1-2H3,(H3,14,15,16). The number of anilines is 1. The summed E-state index contributed by atoms with van der Waals surface area (Å²) >= 11 is 0. The van der Waals surface area contributed by atoms with Gasteiger partial charge >= 0.3 is 0 Å². The largest absolute Gasteiger partial charge is 0.382 e. The molecule has 1 heterocycles. The molecule has 0 bridgehead atoms. The number of nitrogens with two attached hydrogens (primary N) is 1. The van der Waals surface area contributed by atoms with Crippen LogP contribution in [0.1, 0.15) is 24.6 Å². The van der Waals surface area contributed by atoms with Crippen LogP contribution in [0.2, 0.25) is 0 Å². The van der Waals surface area contributed by atoms with Crippen LogP contribution in [-0.2, 0) is 6.42 Å². The summed E-state index contributed by atoms with van der Waals surface area (Å²) in [4.78, 5) is 0. The topological polar surface area (TPSA) is 54.7 Å². The molecule has 0 unspecified atom stereocenters. The van der Waals surface area contributed by atoms with Crippen molar-refractivity contribution in [2.24, 2.45) is 0 Å². The molecule has 1 aromatic heterocycles. The van der Waals surface area contributed by atoms with E-state index in [0.29, 0.717) is 5.82 Å². The second-order valence-electron chi connectivity index (χ2n) is 4.06. The van der Waals surface area contributed by atoms with Gasteiger partial charge in [0.05, 0.1) is 0 Å². The van der Waals surface area contributed by atoms with Crippen molar-refractivity contribution in [3.63, 3.8) is 0 Å². The second kappa shape index (κ2) is 4.39. The van der Waals surface area contributed by atoms with Gasteiger partial charge in [-0.05, 0) is 24.5 Å². The second-order valence-corrected chi connectivity index (χ2v) is 4.06. The van der Waals surface area contributed by atoms with Gasteiger partial charge in [0, 0.05) is 11.3 Å². The molecule has 16 heavy (non-hydrogen) atoms. The van der Waals surface area contributed by atoms with Crippen LogP contribution in [0.3, 0.4) is 0 Å². The molecule has 0 amide bonds. The van der Waals surface area contributed by atoms with Crippen LogP contribution in [0.15, 0.2) is 24.3 Å². The highest BCUT2D eigenvalue weighted by molar-refractivity contribution is 5.76. The molecule has 3 nitrogen and oxygen atoms in total. The summed E-state index contributed by atoms with van der Waals surface area (Å²) < 4.78 is 0. The third-order valence-electron chi connectivity index (χ3n) is 2.76. The first kappa shape index (κ1) is 10.7. The lowest BCUT2D eigenvalue weighted by molar-refractivity contribution is 0.922. The minimum absolute atomic E-state index is 0.570. The number of hydrogen-bond acceptors (Lipinski definition) is 2. The Morgan fingerprint density at radius 1 is 1.25 bits per heavy atom. The summed E-state index contributed by atoms with van der Waals surface area (Å²) in [6.07, 6.45) is 2.30. The van der Waals surface area contributed by atoms with Crippen molar-refractivity contribution < 1.29 is 0 Å². The Morgan fingerprint density at radius 3 is 2.44 bits per heavy atom. The molecule has 2 aromatic rings. The molecule has 0 atom stereocenters. The van der Waals surface area contributed by atoms with E-state index < -0.39 is 0 Å². The van der Waals surface area contributed by atoms with Crippen LogP contribution in [0.25, 0.3) is 11.1 Å². The Balaban J connectivity index is 2.35. The summed E-state index contributed by atoms with van der Waals surface area (Å²) in [5.74, 6) is 0.570. The number of hydrogen-bond donors (Lipinski definition) is 2. The van der Waals surface area contributed by atoms with Gasteiger partial charge < -0.3 is 5.73 Å². The van der Waals surface area contributed by atoms with Crippen molar-refractivity contribution in [3.05, 3.63) is 35.5 Å². The first-order valence-electron chi connectivity index (χ1n) is 5.62. The number of H-pyrrole nitrogens is 1. The van der Waals surface area contributed by atoms with E-state index in [1.165, 1.54) is 12.0 Å². The highest BCUT2D eigenvalue weighted by Crippen LogP contribution is 2.27. The predicted molar refractivity (Wildman–Crippen MR) is 67.2 cm³/mol. The van der Waals surface area contributed by atoms with Gasteiger partial charge in [-0.3, -0.25) is 5.10 Å². The van der Waals surface area contributed by atoms with Crippen molar-refractivity contribution in [1.82, 2.24) is 10.2 Å². The maximum Gasteiger partial charge on any atom is 0.153 e. The Morgan fingerprint density at radius 2 is 1.94 bits per heavy atom. The number of nitrogens with one attached hydrogen (secondary N) is 1. The zero-order valence-corrected chi connectivity index (χ0v) is 9.75. The molecule has 3 N–H and O–H groups in total. The van der Waals surface area contributed by atoms with Gasteiger partial charge in [-0.1, -0.05) is 37.6 Å². The fourth-order valence-corrected chi connectivity index (χ4v) is 1.94. The summed E-state index contributed by atoms with van der Waals surface area (Å²) in [6, 6.07) is 8.54. The van der Waals surface area contributed by atoms with E-state index in [2.05, 4.69) is 41.4 Å². The first-order valence-corrected chi connectivity index (χ1v) is 5.62. The van der Waals surface area contributed by atoms with E-state index in [1.54, 1.807) is 0 Å². The molecule has 1 aromatic carbocycles. The number of rotatable bonds is 3. The fourth-order valence-electron chi connectivity index (χ4n) is 1.94. The molecular weight excluding hydrogens is 198 g/mol. The first-order chi connectivity index (χ1) is 7.72. The molecule has 3 heteroatoms. The van der Waals surface area contributed by atoms with Crippen LogP contribution in [-0.4, -0.2) is 10.2 Å². The zero-order chi connectivity index (χ0) is 11.5. The number of nitrogen functional groups attached to an aromatic ring is 1. The third kappa shape index (κ3) is 1.94. The van der Waals surface area contributed by atoms with Crippen LogP contribution in [0, 0.1) is 6.92 Å². The molecule has 0 fully saturated rings. The average molecular weight is 215 g/mol. The van der Waals surface area contributed by atoms with E-state index in [0.717, 1.165) is 23.2 Å². The van der Waals surface area contributed by atoms with Gasteiger partial charge in [0.25, 0.3) is 0 Å². The number of aromatic amines is 1. The predicted octanol–water partition coefficient (Wildman–Crippen LogP) is 2.92.